The molecule has 3 aromatic heterocycles. The first-order chi connectivity index (χ1) is 21.2. The monoisotopic (exact) mass is 585 g/mol. The Labute approximate surface area is 253 Å². The van der Waals surface area contributed by atoms with Gasteiger partial charge in [-0.2, -0.15) is 0 Å². The molecule has 0 aliphatic rings. The number of benzene rings is 6. The maximum absolute atomic E-state index is 7.06. The molecule has 1 atom stereocenters. The van der Waals surface area contributed by atoms with Crippen LogP contribution in [0, 0.1) is 0 Å². The molecule has 0 saturated carbocycles. The summed E-state index contributed by atoms with van der Waals surface area (Å²) < 4.78 is 2.31. The SMILES string of the molecule is S=P(c1ccc2ccccc2c1)(c1cnc2ccccc2c1)c1cccc2c3ccccc3n3c4ccccc4nc3c12. The fourth-order valence-electron chi connectivity index (χ4n) is 6.63. The van der Waals surface area contributed by atoms with E-state index in [0.29, 0.717) is 0 Å². The standard InChI is InChI=1S/C38H24N3PS/c43-42(28-21-20-25-10-1-2-11-26(25)22-28,29-23-27-12-3-5-15-32(27)39-24-29)36-19-9-14-31-30-13-4-7-17-34(30)41-35-18-8-6-16-33(35)40-38(41)37(31)36/h1-24H. The molecule has 3 nitrogen and oxygen atoms in total. The third kappa shape index (κ3) is 3.58. The van der Waals surface area contributed by atoms with E-state index in [1.54, 1.807) is 0 Å². The van der Waals surface area contributed by atoms with Crippen LogP contribution in [0.2, 0.25) is 0 Å². The number of aromatic nitrogens is 3. The largest absolute Gasteiger partial charge is 0.292 e. The van der Waals surface area contributed by atoms with Crippen molar-refractivity contribution in [2.24, 2.45) is 0 Å². The average Bonchev–Trinajstić information content (AvgIpc) is 3.47. The Morgan fingerprint density at radius 3 is 2.09 bits per heavy atom. The molecule has 0 spiro atoms. The van der Waals surface area contributed by atoms with Gasteiger partial charge in [0.25, 0.3) is 0 Å². The smallest absolute Gasteiger partial charge is 0.147 e. The van der Waals surface area contributed by atoms with Gasteiger partial charge in [-0.25, -0.2) is 4.98 Å². The summed E-state index contributed by atoms with van der Waals surface area (Å²) in [6, 6.07) is 46.8. The molecule has 0 amide bonds. The molecule has 0 saturated heterocycles. The Kier molecular flexibility index (Phi) is 5.34. The molecule has 9 rings (SSSR count). The van der Waals surface area contributed by atoms with Crippen molar-refractivity contribution in [3.05, 3.63) is 146 Å². The lowest BCUT2D eigenvalue weighted by Crippen LogP contribution is -2.26. The number of imidazole rings is 1. The number of para-hydroxylation sites is 4. The Morgan fingerprint density at radius 1 is 0.535 bits per heavy atom. The lowest BCUT2D eigenvalue weighted by atomic mass is 10.1. The molecule has 0 aliphatic carbocycles. The van der Waals surface area contributed by atoms with E-state index in [9.17, 15) is 0 Å². The van der Waals surface area contributed by atoms with E-state index in [4.69, 9.17) is 21.8 Å². The number of pyridine rings is 2. The van der Waals surface area contributed by atoms with E-state index in [-0.39, 0.29) is 0 Å². The molecule has 0 bridgehead atoms. The Bertz CT molecular complexity index is 2540. The summed E-state index contributed by atoms with van der Waals surface area (Å²) in [5.74, 6) is 0. The van der Waals surface area contributed by atoms with Gasteiger partial charge in [0, 0.05) is 39.0 Å². The highest BCUT2D eigenvalue weighted by Crippen LogP contribution is 2.47. The Balaban J connectivity index is 1.48. The van der Waals surface area contributed by atoms with Crippen LogP contribution in [0.25, 0.3) is 60.0 Å². The summed E-state index contributed by atoms with van der Waals surface area (Å²) in [6.45, 7) is 0. The quantitative estimate of drug-likeness (QED) is 0.155. The van der Waals surface area contributed by atoms with Crippen molar-refractivity contribution in [1.82, 2.24) is 14.4 Å². The molecule has 9 aromatic rings. The van der Waals surface area contributed by atoms with Crippen molar-refractivity contribution in [3.8, 4) is 0 Å². The molecule has 5 heteroatoms. The normalized spacial score (nSPS) is 13.4. The van der Waals surface area contributed by atoms with Gasteiger partial charge in [-0.3, -0.25) is 9.38 Å². The summed E-state index contributed by atoms with van der Waals surface area (Å²) in [5.41, 5.74) is 5.12. The fraction of sp³-hybridized carbons (Fsp3) is 0. The lowest BCUT2D eigenvalue weighted by molar-refractivity contribution is 1.32. The summed E-state index contributed by atoms with van der Waals surface area (Å²) >= 11 is 7.06. The highest BCUT2D eigenvalue weighted by molar-refractivity contribution is 8.25. The first-order valence-electron chi connectivity index (χ1n) is 14.4. The Morgan fingerprint density at radius 2 is 1.21 bits per heavy atom. The topological polar surface area (TPSA) is 30.2 Å². The van der Waals surface area contributed by atoms with Crippen LogP contribution in [0.5, 0.6) is 0 Å². The predicted molar refractivity (Wildman–Crippen MR) is 187 cm³/mol. The molecule has 0 fully saturated rings. The molecular weight excluding hydrogens is 561 g/mol. The van der Waals surface area contributed by atoms with E-state index in [0.717, 1.165) is 54.4 Å². The Hall–Kier alpha value is -4.89. The maximum Gasteiger partial charge on any atom is 0.147 e. The minimum Gasteiger partial charge on any atom is -0.292 e. The van der Waals surface area contributed by atoms with Crippen LogP contribution < -0.4 is 15.9 Å². The van der Waals surface area contributed by atoms with Crippen LogP contribution in [0.4, 0.5) is 0 Å². The van der Waals surface area contributed by atoms with Crippen molar-refractivity contribution >= 4 is 93.8 Å². The first kappa shape index (κ1) is 24.7. The third-order valence-corrected chi connectivity index (χ3v) is 13.5. The molecule has 202 valence electrons. The van der Waals surface area contributed by atoms with Gasteiger partial charge < -0.3 is 0 Å². The minimum atomic E-state index is -2.64. The van der Waals surface area contributed by atoms with Gasteiger partial charge in [0.1, 0.15) is 5.65 Å². The molecule has 0 aliphatic heterocycles. The lowest BCUT2D eigenvalue weighted by Gasteiger charge is -2.26. The van der Waals surface area contributed by atoms with E-state index < -0.39 is 6.04 Å². The number of fused-ring (bicyclic) bond motifs is 10. The van der Waals surface area contributed by atoms with Crippen molar-refractivity contribution in [1.29, 1.82) is 0 Å². The second-order valence-electron chi connectivity index (χ2n) is 11.0. The van der Waals surface area contributed by atoms with E-state index in [2.05, 4.69) is 138 Å². The first-order valence-corrected chi connectivity index (χ1v) is 17.2. The molecule has 1 unspecified atom stereocenters. The zero-order valence-corrected chi connectivity index (χ0v) is 24.8. The third-order valence-electron chi connectivity index (χ3n) is 8.64. The van der Waals surface area contributed by atoms with Crippen LogP contribution in [0.3, 0.4) is 0 Å². The number of hydrogen-bond acceptors (Lipinski definition) is 3. The van der Waals surface area contributed by atoms with Gasteiger partial charge >= 0.3 is 0 Å². The zero-order chi connectivity index (χ0) is 28.5. The highest BCUT2D eigenvalue weighted by Gasteiger charge is 2.30. The van der Waals surface area contributed by atoms with E-state index in [1.807, 2.05) is 12.3 Å². The number of rotatable bonds is 3. The molecule has 0 radical (unpaired) electrons. The van der Waals surface area contributed by atoms with Crippen molar-refractivity contribution in [2.75, 3.05) is 0 Å². The summed E-state index contributed by atoms with van der Waals surface area (Å²) in [7, 11) is 0. The molecular formula is C38H24N3PS. The van der Waals surface area contributed by atoms with Gasteiger partial charge in [-0.05, 0) is 57.9 Å². The average molecular weight is 586 g/mol. The van der Waals surface area contributed by atoms with Gasteiger partial charge in [-0.15, -0.1) is 0 Å². The van der Waals surface area contributed by atoms with Crippen LogP contribution in [0.1, 0.15) is 0 Å². The van der Waals surface area contributed by atoms with Crippen molar-refractivity contribution in [3.63, 3.8) is 0 Å². The number of nitrogens with zero attached hydrogens (tertiary/aromatic N) is 3. The molecule has 3 heterocycles. The highest BCUT2D eigenvalue weighted by atomic mass is 32.4. The second-order valence-corrected chi connectivity index (χ2v) is 15.4. The molecule has 6 aromatic carbocycles. The molecule has 0 N–H and O–H groups in total. The maximum atomic E-state index is 7.06. The number of hydrogen-bond donors (Lipinski definition) is 0. The van der Waals surface area contributed by atoms with Crippen LogP contribution in [0.15, 0.2) is 146 Å². The summed E-state index contributed by atoms with van der Waals surface area (Å²) in [5, 5.41) is 10.3. The van der Waals surface area contributed by atoms with Crippen molar-refractivity contribution < 1.29 is 0 Å². The van der Waals surface area contributed by atoms with Crippen LogP contribution in [-0.4, -0.2) is 14.4 Å². The fourth-order valence-corrected chi connectivity index (χ4v) is 10.6. The predicted octanol–water partition coefficient (Wildman–Crippen LogP) is 8.25. The van der Waals surface area contributed by atoms with Gasteiger partial charge in [0.05, 0.1) is 22.1 Å². The molecule has 43 heavy (non-hydrogen) atoms. The summed E-state index contributed by atoms with van der Waals surface area (Å²) in [4.78, 5) is 10.2. The van der Waals surface area contributed by atoms with Gasteiger partial charge in [0.15, 0.2) is 0 Å². The second kappa shape index (κ2) is 9.31. The van der Waals surface area contributed by atoms with Gasteiger partial charge in [-0.1, -0.05) is 115 Å². The van der Waals surface area contributed by atoms with E-state index >= 15 is 0 Å². The van der Waals surface area contributed by atoms with Crippen LogP contribution >= 0.6 is 6.04 Å². The zero-order valence-electron chi connectivity index (χ0n) is 23.1. The van der Waals surface area contributed by atoms with Crippen molar-refractivity contribution in [2.45, 2.75) is 0 Å². The van der Waals surface area contributed by atoms with E-state index in [1.165, 1.54) is 21.5 Å². The minimum absolute atomic E-state index is 0.939. The summed E-state index contributed by atoms with van der Waals surface area (Å²) in [6.07, 6.45) is 2.01. The van der Waals surface area contributed by atoms with Crippen LogP contribution in [-0.2, 0) is 11.8 Å². The van der Waals surface area contributed by atoms with Gasteiger partial charge in [0.2, 0.25) is 0 Å².